The standard InChI is InChI=1S/C17H16Cl2FN3O2/c1-9(15-11(18)4-5-12(20)16(15)19)25-13-7-10(8-22-17(13)21)23-6-2-3-14(23)24/h4-5,7-9H,2-3,6H2,1H3,(H2,21,22). The van der Waals surface area contributed by atoms with Crippen molar-refractivity contribution in [3.05, 3.63) is 45.8 Å². The van der Waals surface area contributed by atoms with Crippen molar-refractivity contribution < 1.29 is 13.9 Å². The number of rotatable bonds is 4. The van der Waals surface area contributed by atoms with Crippen molar-refractivity contribution in [3.8, 4) is 5.75 Å². The van der Waals surface area contributed by atoms with Gasteiger partial charge in [0.15, 0.2) is 11.6 Å². The molecule has 1 fully saturated rings. The summed E-state index contributed by atoms with van der Waals surface area (Å²) < 4.78 is 19.5. The number of nitrogens with two attached hydrogens (primary N) is 1. The van der Waals surface area contributed by atoms with Crippen LogP contribution in [0, 0.1) is 5.82 Å². The highest BCUT2D eigenvalue weighted by Gasteiger charge is 2.24. The second-order valence-corrected chi connectivity index (χ2v) is 6.53. The van der Waals surface area contributed by atoms with Gasteiger partial charge in [0.2, 0.25) is 5.91 Å². The lowest BCUT2D eigenvalue weighted by Crippen LogP contribution is -2.24. The summed E-state index contributed by atoms with van der Waals surface area (Å²) in [6, 6.07) is 4.25. The molecule has 2 heterocycles. The molecule has 8 heteroatoms. The molecular weight excluding hydrogens is 368 g/mol. The maximum absolute atomic E-state index is 13.7. The number of hydrogen-bond donors (Lipinski definition) is 1. The first-order chi connectivity index (χ1) is 11.9. The molecule has 0 aliphatic carbocycles. The average Bonchev–Trinajstić information content (AvgIpc) is 2.99. The van der Waals surface area contributed by atoms with E-state index in [0.29, 0.717) is 24.2 Å². The number of benzene rings is 1. The van der Waals surface area contributed by atoms with Crippen LogP contribution in [-0.2, 0) is 4.79 Å². The van der Waals surface area contributed by atoms with Crippen LogP contribution < -0.4 is 15.4 Å². The van der Waals surface area contributed by atoms with Crippen molar-refractivity contribution in [2.45, 2.75) is 25.9 Å². The predicted octanol–water partition coefficient (Wildman–Crippen LogP) is 4.38. The predicted molar refractivity (Wildman–Crippen MR) is 95.7 cm³/mol. The minimum absolute atomic E-state index is 0.0294. The quantitative estimate of drug-likeness (QED) is 0.795. The van der Waals surface area contributed by atoms with Crippen molar-refractivity contribution in [1.82, 2.24) is 4.98 Å². The number of nitrogens with zero attached hydrogens (tertiary/aromatic N) is 2. The third-order valence-electron chi connectivity index (χ3n) is 4.04. The Morgan fingerprint density at radius 2 is 2.16 bits per heavy atom. The lowest BCUT2D eigenvalue weighted by Gasteiger charge is -2.21. The fraction of sp³-hybridized carbons (Fsp3) is 0.294. The molecule has 1 atom stereocenters. The third kappa shape index (κ3) is 3.50. The molecule has 1 saturated heterocycles. The minimum atomic E-state index is -0.663. The Morgan fingerprint density at radius 3 is 2.84 bits per heavy atom. The normalized spacial score (nSPS) is 15.5. The van der Waals surface area contributed by atoms with Gasteiger partial charge in [-0.05, 0) is 25.5 Å². The zero-order valence-corrected chi connectivity index (χ0v) is 14.9. The van der Waals surface area contributed by atoms with Gasteiger partial charge in [-0.25, -0.2) is 9.37 Å². The molecule has 0 bridgehead atoms. The third-order valence-corrected chi connectivity index (χ3v) is 4.76. The number of pyridine rings is 1. The summed E-state index contributed by atoms with van der Waals surface area (Å²) in [5.74, 6) is -0.118. The Kier molecular flexibility index (Phi) is 5.01. The zero-order valence-electron chi connectivity index (χ0n) is 13.4. The summed E-state index contributed by atoms with van der Waals surface area (Å²) in [7, 11) is 0. The van der Waals surface area contributed by atoms with Crippen molar-refractivity contribution in [1.29, 1.82) is 0 Å². The van der Waals surface area contributed by atoms with Gasteiger partial charge in [0.05, 0.1) is 16.9 Å². The van der Waals surface area contributed by atoms with Crippen LogP contribution in [0.2, 0.25) is 10.0 Å². The van der Waals surface area contributed by atoms with Gasteiger partial charge in [-0.2, -0.15) is 0 Å². The molecule has 0 saturated carbocycles. The maximum Gasteiger partial charge on any atom is 0.227 e. The van der Waals surface area contributed by atoms with Gasteiger partial charge in [0, 0.05) is 29.6 Å². The first-order valence-corrected chi connectivity index (χ1v) is 8.50. The lowest BCUT2D eigenvalue weighted by atomic mass is 10.1. The van der Waals surface area contributed by atoms with Gasteiger partial charge in [-0.3, -0.25) is 4.79 Å². The molecule has 0 spiro atoms. The molecule has 2 aromatic rings. The molecule has 132 valence electrons. The second kappa shape index (κ2) is 7.06. The van der Waals surface area contributed by atoms with E-state index in [1.807, 2.05) is 0 Å². The molecule has 3 rings (SSSR count). The first kappa shape index (κ1) is 17.8. The number of halogens is 3. The molecule has 5 nitrogen and oxygen atoms in total. The first-order valence-electron chi connectivity index (χ1n) is 7.74. The average molecular weight is 384 g/mol. The number of aromatic nitrogens is 1. The van der Waals surface area contributed by atoms with E-state index in [1.54, 1.807) is 17.9 Å². The van der Waals surface area contributed by atoms with Crippen LogP contribution >= 0.6 is 23.2 Å². The highest BCUT2D eigenvalue weighted by atomic mass is 35.5. The van der Waals surface area contributed by atoms with Crippen LogP contribution in [0.15, 0.2) is 24.4 Å². The monoisotopic (exact) mass is 383 g/mol. The van der Waals surface area contributed by atoms with E-state index in [9.17, 15) is 9.18 Å². The summed E-state index contributed by atoms with van der Waals surface area (Å²) >= 11 is 12.1. The molecule has 2 N–H and O–H groups in total. The second-order valence-electron chi connectivity index (χ2n) is 5.74. The minimum Gasteiger partial charge on any atom is -0.482 e. The van der Waals surface area contributed by atoms with Crippen LogP contribution in [-0.4, -0.2) is 17.4 Å². The van der Waals surface area contributed by atoms with Gasteiger partial charge in [0.25, 0.3) is 0 Å². The number of nitrogen functional groups attached to an aromatic ring is 1. The highest BCUT2D eigenvalue weighted by Crippen LogP contribution is 2.37. The summed E-state index contributed by atoms with van der Waals surface area (Å²) in [5.41, 5.74) is 6.81. The fourth-order valence-corrected chi connectivity index (χ4v) is 3.45. The van der Waals surface area contributed by atoms with E-state index < -0.39 is 11.9 Å². The Morgan fingerprint density at radius 1 is 1.40 bits per heavy atom. The Balaban J connectivity index is 1.90. The van der Waals surface area contributed by atoms with E-state index in [0.717, 1.165) is 6.42 Å². The van der Waals surface area contributed by atoms with E-state index >= 15 is 0 Å². The zero-order chi connectivity index (χ0) is 18.1. The van der Waals surface area contributed by atoms with Gasteiger partial charge in [-0.1, -0.05) is 23.2 Å². The van der Waals surface area contributed by atoms with Crippen LogP contribution in [0.5, 0.6) is 5.75 Å². The Labute approximate surface area is 154 Å². The van der Waals surface area contributed by atoms with Gasteiger partial charge < -0.3 is 15.4 Å². The SMILES string of the molecule is CC(Oc1cc(N2CCCC2=O)cnc1N)c1c(Cl)ccc(F)c1Cl. The molecule has 1 aliphatic heterocycles. The van der Waals surface area contributed by atoms with Crippen molar-refractivity contribution in [2.75, 3.05) is 17.2 Å². The summed E-state index contributed by atoms with van der Waals surface area (Å²) in [4.78, 5) is 17.6. The van der Waals surface area contributed by atoms with Crippen molar-refractivity contribution in [3.63, 3.8) is 0 Å². The molecule has 0 radical (unpaired) electrons. The van der Waals surface area contributed by atoms with E-state index in [2.05, 4.69) is 4.98 Å². The summed E-state index contributed by atoms with van der Waals surface area (Å²) in [5, 5.41) is 0.189. The van der Waals surface area contributed by atoms with Crippen LogP contribution in [0.3, 0.4) is 0 Å². The van der Waals surface area contributed by atoms with Crippen LogP contribution in [0.4, 0.5) is 15.9 Å². The molecule has 1 aromatic carbocycles. The molecule has 1 unspecified atom stereocenters. The topological polar surface area (TPSA) is 68.5 Å². The van der Waals surface area contributed by atoms with Crippen molar-refractivity contribution >= 4 is 40.6 Å². The Bertz CT molecular complexity index is 832. The number of hydrogen-bond acceptors (Lipinski definition) is 4. The van der Waals surface area contributed by atoms with Crippen molar-refractivity contribution in [2.24, 2.45) is 0 Å². The summed E-state index contributed by atoms with van der Waals surface area (Å²) in [6.07, 6.45) is 2.16. The molecular formula is C17H16Cl2FN3O2. The molecule has 1 aliphatic rings. The van der Waals surface area contributed by atoms with Gasteiger partial charge in [-0.15, -0.1) is 0 Å². The number of amides is 1. The highest BCUT2D eigenvalue weighted by molar-refractivity contribution is 6.36. The van der Waals surface area contributed by atoms with E-state index in [-0.39, 0.29) is 27.5 Å². The number of carbonyl (C=O) groups excluding carboxylic acids is 1. The smallest absolute Gasteiger partial charge is 0.227 e. The largest absolute Gasteiger partial charge is 0.482 e. The number of carbonyl (C=O) groups is 1. The fourth-order valence-electron chi connectivity index (χ4n) is 2.77. The van der Waals surface area contributed by atoms with Crippen LogP contribution in [0.25, 0.3) is 0 Å². The Hall–Kier alpha value is -2.05. The van der Waals surface area contributed by atoms with E-state index in [1.165, 1.54) is 18.3 Å². The molecule has 1 amide bonds. The van der Waals surface area contributed by atoms with Gasteiger partial charge in [0.1, 0.15) is 11.9 Å². The van der Waals surface area contributed by atoms with E-state index in [4.69, 9.17) is 33.7 Å². The number of ether oxygens (including phenoxy) is 1. The molecule has 1 aromatic heterocycles. The van der Waals surface area contributed by atoms with Crippen LogP contribution in [0.1, 0.15) is 31.4 Å². The molecule has 25 heavy (non-hydrogen) atoms. The number of anilines is 2. The lowest BCUT2D eigenvalue weighted by molar-refractivity contribution is -0.117. The summed E-state index contributed by atoms with van der Waals surface area (Å²) in [6.45, 7) is 2.31. The van der Waals surface area contributed by atoms with Gasteiger partial charge >= 0.3 is 0 Å². The maximum atomic E-state index is 13.7.